The van der Waals surface area contributed by atoms with Crippen LogP contribution in [0.15, 0.2) is 24.5 Å². The van der Waals surface area contributed by atoms with Crippen molar-refractivity contribution in [2.75, 3.05) is 5.32 Å². The molecular weight excluding hydrogens is 248 g/mol. The van der Waals surface area contributed by atoms with Gasteiger partial charge in [0.2, 0.25) is 0 Å². The van der Waals surface area contributed by atoms with E-state index in [1.807, 2.05) is 22.8 Å². The quantitative estimate of drug-likeness (QED) is 0.786. The maximum Gasteiger partial charge on any atom is 0.157 e. The van der Waals surface area contributed by atoms with Gasteiger partial charge in [-0.3, -0.25) is 0 Å². The van der Waals surface area contributed by atoms with Gasteiger partial charge < -0.3 is 5.32 Å². The Hall–Kier alpha value is -1.58. The number of hydrogen-bond acceptors (Lipinski definition) is 3. The van der Waals surface area contributed by atoms with Gasteiger partial charge in [0, 0.05) is 18.3 Å². The molecule has 2 atom stereocenters. The standard InChI is InChI=1S/C16H26N4/c1-4-7-8-13(5-2)14(6-3)19-16-9-11-17-15-10-12-18-20(15)16/h9-14,19H,4-8H2,1-3H3. The van der Waals surface area contributed by atoms with E-state index in [1.54, 1.807) is 6.20 Å². The highest BCUT2D eigenvalue weighted by Gasteiger charge is 2.18. The average molecular weight is 274 g/mol. The minimum absolute atomic E-state index is 0.501. The van der Waals surface area contributed by atoms with Crippen molar-refractivity contribution >= 4 is 11.5 Å². The summed E-state index contributed by atoms with van der Waals surface area (Å²) in [6.07, 6.45) is 9.87. The lowest BCUT2D eigenvalue weighted by molar-refractivity contribution is 0.381. The first-order valence-electron chi connectivity index (χ1n) is 7.85. The third-order valence-corrected chi connectivity index (χ3v) is 4.09. The van der Waals surface area contributed by atoms with Gasteiger partial charge in [0.1, 0.15) is 5.82 Å². The fourth-order valence-electron chi connectivity index (χ4n) is 2.84. The van der Waals surface area contributed by atoms with E-state index < -0.39 is 0 Å². The summed E-state index contributed by atoms with van der Waals surface area (Å²) in [5, 5.41) is 8.02. The van der Waals surface area contributed by atoms with Crippen LogP contribution in [0.4, 0.5) is 5.82 Å². The molecule has 2 unspecified atom stereocenters. The number of fused-ring (bicyclic) bond motifs is 1. The first kappa shape index (κ1) is 14.8. The summed E-state index contributed by atoms with van der Waals surface area (Å²) in [6, 6.07) is 4.44. The van der Waals surface area contributed by atoms with Gasteiger partial charge in [-0.05, 0) is 24.8 Å². The van der Waals surface area contributed by atoms with E-state index in [0.29, 0.717) is 6.04 Å². The van der Waals surface area contributed by atoms with Crippen LogP contribution in [0.25, 0.3) is 5.65 Å². The molecule has 20 heavy (non-hydrogen) atoms. The molecule has 0 radical (unpaired) electrons. The molecule has 0 amide bonds. The third-order valence-electron chi connectivity index (χ3n) is 4.09. The zero-order valence-corrected chi connectivity index (χ0v) is 12.8. The van der Waals surface area contributed by atoms with Crippen molar-refractivity contribution < 1.29 is 0 Å². The van der Waals surface area contributed by atoms with Crippen molar-refractivity contribution in [3.63, 3.8) is 0 Å². The lowest BCUT2D eigenvalue weighted by Gasteiger charge is -2.27. The molecule has 2 heterocycles. The molecular formula is C16H26N4. The van der Waals surface area contributed by atoms with Crippen molar-refractivity contribution in [2.24, 2.45) is 5.92 Å². The smallest absolute Gasteiger partial charge is 0.157 e. The van der Waals surface area contributed by atoms with Crippen molar-refractivity contribution in [3.05, 3.63) is 24.5 Å². The zero-order chi connectivity index (χ0) is 14.4. The van der Waals surface area contributed by atoms with Crippen LogP contribution in [-0.2, 0) is 0 Å². The summed E-state index contributed by atoms with van der Waals surface area (Å²) >= 11 is 0. The first-order valence-corrected chi connectivity index (χ1v) is 7.85. The van der Waals surface area contributed by atoms with E-state index in [4.69, 9.17) is 0 Å². The highest BCUT2D eigenvalue weighted by atomic mass is 15.3. The number of nitrogens with zero attached hydrogens (tertiary/aromatic N) is 3. The predicted octanol–water partition coefficient (Wildman–Crippen LogP) is 4.14. The average Bonchev–Trinajstić information content (AvgIpc) is 2.96. The van der Waals surface area contributed by atoms with E-state index in [2.05, 4.69) is 36.2 Å². The van der Waals surface area contributed by atoms with Crippen LogP contribution in [0.1, 0.15) is 52.9 Å². The molecule has 0 aromatic carbocycles. The van der Waals surface area contributed by atoms with Crippen molar-refractivity contribution in [1.29, 1.82) is 0 Å². The van der Waals surface area contributed by atoms with Crippen LogP contribution in [-0.4, -0.2) is 20.6 Å². The molecule has 4 heteroatoms. The summed E-state index contributed by atoms with van der Waals surface area (Å²) in [7, 11) is 0. The Morgan fingerprint density at radius 3 is 2.70 bits per heavy atom. The van der Waals surface area contributed by atoms with Crippen LogP contribution in [0.2, 0.25) is 0 Å². The van der Waals surface area contributed by atoms with E-state index >= 15 is 0 Å². The molecule has 110 valence electrons. The van der Waals surface area contributed by atoms with Gasteiger partial charge in [-0.2, -0.15) is 9.61 Å². The van der Waals surface area contributed by atoms with Gasteiger partial charge in [0.15, 0.2) is 5.65 Å². The van der Waals surface area contributed by atoms with Gasteiger partial charge in [0.25, 0.3) is 0 Å². The molecule has 0 saturated heterocycles. The lowest BCUT2D eigenvalue weighted by atomic mass is 9.90. The Morgan fingerprint density at radius 1 is 1.15 bits per heavy atom. The van der Waals surface area contributed by atoms with Crippen LogP contribution >= 0.6 is 0 Å². The summed E-state index contributed by atoms with van der Waals surface area (Å²) in [6.45, 7) is 6.81. The highest BCUT2D eigenvalue weighted by Crippen LogP contribution is 2.23. The van der Waals surface area contributed by atoms with Crippen molar-refractivity contribution in [2.45, 2.75) is 58.9 Å². The molecule has 2 aromatic heterocycles. The largest absolute Gasteiger partial charge is 0.367 e. The van der Waals surface area contributed by atoms with Gasteiger partial charge in [-0.15, -0.1) is 0 Å². The molecule has 0 aliphatic rings. The van der Waals surface area contributed by atoms with Gasteiger partial charge in [-0.25, -0.2) is 4.98 Å². The minimum Gasteiger partial charge on any atom is -0.367 e. The number of hydrogen-bond donors (Lipinski definition) is 1. The number of aromatic nitrogens is 3. The molecule has 0 spiro atoms. The second-order valence-corrected chi connectivity index (χ2v) is 5.40. The maximum absolute atomic E-state index is 4.35. The van der Waals surface area contributed by atoms with E-state index in [9.17, 15) is 0 Å². The SMILES string of the molecule is CCCCC(CC)C(CC)Nc1ccnc2ccnn12. The third kappa shape index (κ3) is 3.30. The van der Waals surface area contributed by atoms with Crippen molar-refractivity contribution in [1.82, 2.24) is 14.6 Å². The molecule has 0 saturated carbocycles. The van der Waals surface area contributed by atoms with Gasteiger partial charge in [0.05, 0.1) is 6.20 Å². The number of rotatable bonds is 8. The van der Waals surface area contributed by atoms with Crippen LogP contribution in [0, 0.1) is 5.92 Å². The first-order chi connectivity index (χ1) is 9.80. The normalized spacial score (nSPS) is 14.3. The summed E-state index contributed by atoms with van der Waals surface area (Å²) in [4.78, 5) is 4.31. The predicted molar refractivity (Wildman–Crippen MR) is 84.0 cm³/mol. The monoisotopic (exact) mass is 274 g/mol. The number of anilines is 1. The summed E-state index contributed by atoms with van der Waals surface area (Å²) in [5.74, 6) is 1.76. The Balaban J connectivity index is 2.14. The molecule has 2 aromatic rings. The molecule has 0 bridgehead atoms. The lowest BCUT2D eigenvalue weighted by Crippen LogP contribution is -2.29. The molecule has 0 aliphatic heterocycles. The van der Waals surface area contributed by atoms with Gasteiger partial charge >= 0.3 is 0 Å². The number of nitrogens with one attached hydrogen (secondary N) is 1. The zero-order valence-electron chi connectivity index (χ0n) is 12.8. The molecule has 4 nitrogen and oxygen atoms in total. The molecule has 1 N–H and O–H groups in total. The van der Waals surface area contributed by atoms with Crippen LogP contribution in [0.5, 0.6) is 0 Å². The Kier molecular flexibility index (Phi) is 5.39. The van der Waals surface area contributed by atoms with Gasteiger partial charge in [-0.1, -0.05) is 40.0 Å². The Labute approximate surface area is 121 Å². The van der Waals surface area contributed by atoms with E-state index in [0.717, 1.165) is 23.8 Å². The highest BCUT2D eigenvalue weighted by molar-refractivity contribution is 5.47. The van der Waals surface area contributed by atoms with E-state index in [1.165, 1.54) is 25.7 Å². The number of unbranched alkanes of at least 4 members (excludes halogenated alkanes) is 1. The van der Waals surface area contributed by atoms with E-state index in [-0.39, 0.29) is 0 Å². The van der Waals surface area contributed by atoms with Crippen molar-refractivity contribution in [3.8, 4) is 0 Å². The maximum atomic E-state index is 4.35. The van der Waals surface area contributed by atoms with Crippen LogP contribution < -0.4 is 5.32 Å². The van der Waals surface area contributed by atoms with Crippen LogP contribution in [0.3, 0.4) is 0 Å². The Morgan fingerprint density at radius 2 is 2.00 bits per heavy atom. The molecule has 0 aliphatic carbocycles. The molecule has 0 fully saturated rings. The fourth-order valence-corrected chi connectivity index (χ4v) is 2.84. The minimum atomic E-state index is 0.501. The summed E-state index contributed by atoms with van der Waals surface area (Å²) < 4.78 is 1.88. The second kappa shape index (κ2) is 7.27. The Bertz CT molecular complexity index is 520. The second-order valence-electron chi connectivity index (χ2n) is 5.40. The topological polar surface area (TPSA) is 42.2 Å². The fraction of sp³-hybridized carbons (Fsp3) is 0.625. The molecule has 2 rings (SSSR count). The summed E-state index contributed by atoms with van der Waals surface area (Å²) in [5.41, 5.74) is 0.895.